The fourth-order valence-corrected chi connectivity index (χ4v) is 1.87. The molecule has 82 valence electrons. The maximum atomic E-state index is 11.6. The molecule has 0 N–H and O–H groups in total. The number of alkyl halides is 1. The molecule has 0 aromatic heterocycles. The summed E-state index contributed by atoms with van der Waals surface area (Å²) in [5.74, 6) is 0.867. The van der Waals surface area contributed by atoms with Gasteiger partial charge in [0, 0.05) is 25.4 Å². The minimum absolute atomic E-state index is 0.279. The lowest BCUT2D eigenvalue weighted by molar-refractivity contribution is -0.133. The van der Waals surface area contributed by atoms with E-state index in [1.165, 1.54) is 0 Å². The molecule has 3 heteroatoms. The van der Waals surface area contributed by atoms with Gasteiger partial charge in [0.2, 0.25) is 5.91 Å². The predicted molar refractivity (Wildman–Crippen MR) is 59.5 cm³/mol. The Kier molecular flexibility index (Phi) is 4.24. The van der Waals surface area contributed by atoms with Crippen molar-refractivity contribution >= 4 is 17.5 Å². The molecule has 14 heavy (non-hydrogen) atoms. The van der Waals surface area contributed by atoms with E-state index in [-0.39, 0.29) is 5.91 Å². The van der Waals surface area contributed by atoms with E-state index in [9.17, 15) is 4.79 Å². The minimum Gasteiger partial charge on any atom is -0.343 e. The number of hydrogen-bond donors (Lipinski definition) is 0. The molecule has 0 aromatic rings. The van der Waals surface area contributed by atoms with Gasteiger partial charge in [-0.05, 0) is 24.7 Å². The zero-order valence-corrected chi connectivity index (χ0v) is 9.94. The van der Waals surface area contributed by atoms with Crippen molar-refractivity contribution in [2.45, 2.75) is 39.5 Å². The van der Waals surface area contributed by atoms with Gasteiger partial charge in [0.25, 0.3) is 0 Å². The van der Waals surface area contributed by atoms with Crippen molar-refractivity contribution in [3.8, 4) is 0 Å². The smallest absolute Gasteiger partial charge is 0.222 e. The summed E-state index contributed by atoms with van der Waals surface area (Å²) in [4.78, 5) is 13.6. The summed E-state index contributed by atoms with van der Waals surface area (Å²) >= 11 is 5.56. The largest absolute Gasteiger partial charge is 0.343 e. The molecule has 1 saturated heterocycles. The normalized spacial score (nSPS) is 20.9. The van der Waals surface area contributed by atoms with Crippen molar-refractivity contribution in [3.05, 3.63) is 0 Å². The topological polar surface area (TPSA) is 20.3 Å². The van der Waals surface area contributed by atoms with Crippen molar-refractivity contribution in [1.29, 1.82) is 0 Å². The standard InChI is InChI=1S/C11H20ClNO/c1-11(2)5-8-13(9-6-11)10(14)4-3-7-12/h3-9H2,1-2H3. The van der Waals surface area contributed by atoms with Crippen LogP contribution in [0.15, 0.2) is 0 Å². The Bertz CT molecular complexity index is 193. The Hall–Kier alpha value is -0.240. The van der Waals surface area contributed by atoms with E-state index in [4.69, 9.17) is 11.6 Å². The van der Waals surface area contributed by atoms with Gasteiger partial charge in [-0.2, -0.15) is 0 Å². The maximum Gasteiger partial charge on any atom is 0.222 e. The van der Waals surface area contributed by atoms with Crippen LogP contribution in [-0.4, -0.2) is 29.8 Å². The molecule has 1 heterocycles. The number of carbonyl (C=O) groups excluding carboxylic acids is 1. The highest BCUT2D eigenvalue weighted by atomic mass is 35.5. The summed E-state index contributed by atoms with van der Waals surface area (Å²) in [6.07, 6.45) is 3.67. The highest BCUT2D eigenvalue weighted by Gasteiger charge is 2.27. The molecule has 0 aliphatic carbocycles. The minimum atomic E-state index is 0.279. The Morgan fingerprint density at radius 3 is 2.43 bits per heavy atom. The van der Waals surface area contributed by atoms with Gasteiger partial charge >= 0.3 is 0 Å². The zero-order valence-electron chi connectivity index (χ0n) is 9.18. The summed E-state index contributed by atoms with van der Waals surface area (Å²) < 4.78 is 0. The first kappa shape index (κ1) is 11.8. The van der Waals surface area contributed by atoms with Crippen LogP contribution in [-0.2, 0) is 4.79 Å². The van der Waals surface area contributed by atoms with Crippen molar-refractivity contribution < 1.29 is 4.79 Å². The molecule has 1 aliphatic heterocycles. The molecule has 0 spiro atoms. The van der Waals surface area contributed by atoms with Crippen LogP contribution in [0.4, 0.5) is 0 Å². The summed E-state index contributed by atoms with van der Waals surface area (Å²) in [6, 6.07) is 0. The van der Waals surface area contributed by atoms with Crippen LogP contribution in [0.3, 0.4) is 0 Å². The first-order valence-corrected chi connectivity index (χ1v) is 5.92. The fraction of sp³-hybridized carbons (Fsp3) is 0.909. The molecule has 0 atom stereocenters. The number of carbonyl (C=O) groups is 1. The maximum absolute atomic E-state index is 11.6. The van der Waals surface area contributed by atoms with Gasteiger partial charge in [-0.25, -0.2) is 0 Å². The lowest BCUT2D eigenvalue weighted by atomic mass is 9.82. The third-order valence-electron chi connectivity index (χ3n) is 2.99. The van der Waals surface area contributed by atoms with Crippen LogP contribution < -0.4 is 0 Å². The van der Waals surface area contributed by atoms with Crippen molar-refractivity contribution in [1.82, 2.24) is 4.90 Å². The van der Waals surface area contributed by atoms with E-state index < -0.39 is 0 Å². The quantitative estimate of drug-likeness (QED) is 0.666. The van der Waals surface area contributed by atoms with E-state index in [0.717, 1.165) is 32.4 Å². The molecule has 0 radical (unpaired) electrons. The lowest BCUT2D eigenvalue weighted by Gasteiger charge is -2.37. The molecule has 2 nitrogen and oxygen atoms in total. The van der Waals surface area contributed by atoms with E-state index in [1.807, 2.05) is 4.90 Å². The van der Waals surface area contributed by atoms with E-state index in [0.29, 0.717) is 17.7 Å². The van der Waals surface area contributed by atoms with Crippen LogP contribution >= 0.6 is 11.6 Å². The third-order valence-corrected chi connectivity index (χ3v) is 3.26. The molecular formula is C11H20ClNO. The van der Waals surface area contributed by atoms with Gasteiger partial charge in [0.1, 0.15) is 0 Å². The second-order valence-electron chi connectivity index (χ2n) is 4.84. The molecule has 1 amide bonds. The first-order valence-electron chi connectivity index (χ1n) is 5.39. The number of hydrogen-bond acceptors (Lipinski definition) is 1. The van der Waals surface area contributed by atoms with Gasteiger partial charge in [0.15, 0.2) is 0 Å². The van der Waals surface area contributed by atoms with Crippen LogP contribution in [0.25, 0.3) is 0 Å². The number of rotatable bonds is 3. The number of amides is 1. The molecule has 0 unspecified atom stereocenters. The predicted octanol–water partition coefficient (Wildman–Crippen LogP) is 2.65. The summed E-state index contributed by atoms with van der Waals surface area (Å²) in [5.41, 5.74) is 0.420. The van der Waals surface area contributed by atoms with E-state index >= 15 is 0 Å². The molecule has 1 aliphatic rings. The second kappa shape index (κ2) is 5.01. The number of piperidine rings is 1. The van der Waals surface area contributed by atoms with Crippen molar-refractivity contribution in [3.63, 3.8) is 0 Å². The Morgan fingerprint density at radius 1 is 1.36 bits per heavy atom. The Balaban J connectivity index is 2.30. The highest BCUT2D eigenvalue weighted by Crippen LogP contribution is 2.29. The number of halogens is 1. The van der Waals surface area contributed by atoms with Gasteiger partial charge < -0.3 is 4.90 Å². The Morgan fingerprint density at radius 2 is 1.93 bits per heavy atom. The third kappa shape index (κ3) is 3.49. The zero-order chi connectivity index (χ0) is 10.6. The van der Waals surface area contributed by atoms with Crippen molar-refractivity contribution in [2.75, 3.05) is 19.0 Å². The van der Waals surface area contributed by atoms with Crippen LogP contribution in [0.1, 0.15) is 39.5 Å². The van der Waals surface area contributed by atoms with Gasteiger partial charge in [-0.1, -0.05) is 13.8 Å². The Labute approximate surface area is 91.6 Å². The molecule has 0 bridgehead atoms. The van der Waals surface area contributed by atoms with Crippen molar-refractivity contribution in [2.24, 2.45) is 5.41 Å². The first-order chi connectivity index (χ1) is 6.55. The van der Waals surface area contributed by atoms with Crippen LogP contribution in [0, 0.1) is 5.41 Å². The lowest BCUT2D eigenvalue weighted by Crippen LogP contribution is -2.41. The number of likely N-dealkylation sites (tertiary alicyclic amines) is 1. The second-order valence-corrected chi connectivity index (χ2v) is 5.22. The van der Waals surface area contributed by atoms with Gasteiger partial charge in [-0.15, -0.1) is 11.6 Å². The summed E-state index contributed by atoms with van der Waals surface area (Å²) in [7, 11) is 0. The average Bonchev–Trinajstić information content (AvgIpc) is 2.14. The van der Waals surface area contributed by atoms with Gasteiger partial charge in [-0.3, -0.25) is 4.79 Å². The van der Waals surface area contributed by atoms with E-state index in [2.05, 4.69) is 13.8 Å². The molecule has 0 saturated carbocycles. The summed E-state index contributed by atoms with van der Waals surface area (Å²) in [5, 5.41) is 0. The molecule has 1 fully saturated rings. The fourth-order valence-electron chi connectivity index (χ4n) is 1.74. The molecule has 1 rings (SSSR count). The van der Waals surface area contributed by atoms with Gasteiger partial charge in [0.05, 0.1) is 0 Å². The van der Waals surface area contributed by atoms with Crippen LogP contribution in [0.5, 0.6) is 0 Å². The highest BCUT2D eigenvalue weighted by molar-refractivity contribution is 6.17. The van der Waals surface area contributed by atoms with Crippen LogP contribution in [0.2, 0.25) is 0 Å². The SMILES string of the molecule is CC1(C)CCN(C(=O)CCCCl)CC1. The average molecular weight is 218 g/mol. The molecular weight excluding hydrogens is 198 g/mol. The number of nitrogens with zero attached hydrogens (tertiary/aromatic N) is 1. The monoisotopic (exact) mass is 217 g/mol. The molecule has 0 aromatic carbocycles. The summed E-state index contributed by atoms with van der Waals surface area (Å²) in [6.45, 7) is 6.39. The van der Waals surface area contributed by atoms with E-state index in [1.54, 1.807) is 0 Å².